The molecule has 0 bridgehead atoms. The molecule has 9 N–H and O–H groups in total. The van der Waals surface area contributed by atoms with Crippen LogP contribution >= 0.6 is 0 Å². The molecule has 1 aliphatic rings. The van der Waals surface area contributed by atoms with E-state index in [4.69, 9.17) is 27.3 Å². The van der Waals surface area contributed by atoms with E-state index in [0.717, 1.165) is 5.56 Å². The molecule has 14 nitrogen and oxygen atoms in total. The Morgan fingerprint density at radius 1 is 1.05 bits per heavy atom. The highest BCUT2D eigenvalue weighted by atomic mass is 16.5. The molecule has 1 heterocycles. The van der Waals surface area contributed by atoms with E-state index in [9.17, 15) is 24.3 Å². The zero-order valence-corrected chi connectivity index (χ0v) is 24.0. The van der Waals surface area contributed by atoms with Crippen molar-refractivity contribution >= 4 is 35.5 Å². The molecule has 3 rings (SSSR count). The third kappa shape index (κ3) is 9.18. The number of carboxylic acids is 1. The van der Waals surface area contributed by atoms with Crippen molar-refractivity contribution in [1.29, 1.82) is 5.41 Å². The van der Waals surface area contributed by atoms with Crippen LogP contribution in [0.1, 0.15) is 40.7 Å². The molecule has 1 fully saturated rings. The Morgan fingerprint density at radius 3 is 2.28 bits per heavy atom. The maximum Gasteiger partial charge on any atom is 0.323 e. The lowest BCUT2D eigenvalue weighted by Crippen LogP contribution is -2.63. The number of aliphatic carboxylic acids is 1. The first kappa shape index (κ1) is 32.4. The summed E-state index contributed by atoms with van der Waals surface area (Å²) in [7, 11) is 1.54. The Labute approximate surface area is 249 Å². The molecule has 2 aromatic rings. The third-order valence-corrected chi connectivity index (χ3v) is 7.03. The number of carboxylic acid groups (broad SMARTS) is 1. The van der Waals surface area contributed by atoms with Crippen LogP contribution in [0.5, 0.6) is 5.75 Å². The Morgan fingerprint density at radius 2 is 1.70 bits per heavy atom. The SMILES string of the molecule is COc1ccc(CC(NC(=O)c2ccc(C(=N)N)cc2)C(=O)N2CCN(CC(=O)O)C(=O)[C@@H]2CCCCN=C(N)N)cc1. The van der Waals surface area contributed by atoms with Crippen molar-refractivity contribution in [1.82, 2.24) is 15.1 Å². The van der Waals surface area contributed by atoms with Crippen LogP contribution in [0, 0.1) is 5.41 Å². The summed E-state index contributed by atoms with van der Waals surface area (Å²) in [6, 6.07) is 11.2. The van der Waals surface area contributed by atoms with E-state index in [1.807, 2.05) is 0 Å². The molecule has 2 atom stereocenters. The zero-order chi connectivity index (χ0) is 31.5. The fraction of sp³-hybridized carbons (Fsp3) is 0.379. The minimum absolute atomic E-state index is 0.0388. The number of benzene rings is 2. The molecule has 1 unspecified atom stereocenters. The molecule has 0 spiro atoms. The number of guanidine groups is 1. The lowest BCUT2D eigenvalue weighted by Gasteiger charge is -2.41. The van der Waals surface area contributed by atoms with Crippen molar-refractivity contribution < 1.29 is 29.0 Å². The molecule has 2 aromatic carbocycles. The average molecular weight is 595 g/mol. The number of carbonyl (C=O) groups excluding carboxylic acids is 3. The van der Waals surface area contributed by atoms with Gasteiger partial charge < -0.3 is 42.2 Å². The number of ether oxygens (including phenoxy) is 1. The molecule has 3 amide bonds. The number of piperazine rings is 1. The molecule has 1 saturated heterocycles. The van der Waals surface area contributed by atoms with Gasteiger partial charge in [0, 0.05) is 37.2 Å². The fourth-order valence-corrected chi connectivity index (χ4v) is 4.80. The monoisotopic (exact) mass is 594 g/mol. The summed E-state index contributed by atoms with van der Waals surface area (Å²) >= 11 is 0. The fourth-order valence-electron chi connectivity index (χ4n) is 4.80. The predicted octanol–water partition coefficient (Wildman–Crippen LogP) is -0.112. The summed E-state index contributed by atoms with van der Waals surface area (Å²) in [5, 5.41) is 19.7. The van der Waals surface area contributed by atoms with Crippen LogP contribution in [-0.2, 0) is 20.8 Å². The second-order valence-corrected chi connectivity index (χ2v) is 10.1. The maximum atomic E-state index is 14.1. The topological polar surface area (TPSA) is 231 Å². The number of amides is 3. The number of nitrogens with one attached hydrogen (secondary N) is 2. The van der Waals surface area contributed by atoms with Gasteiger partial charge in [0.15, 0.2) is 5.96 Å². The molecule has 0 saturated carbocycles. The first-order valence-corrected chi connectivity index (χ1v) is 13.7. The first-order chi connectivity index (χ1) is 20.5. The largest absolute Gasteiger partial charge is 0.497 e. The highest BCUT2D eigenvalue weighted by Gasteiger charge is 2.40. The van der Waals surface area contributed by atoms with Crippen molar-refractivity contribution in [3.8, 4) is 5.75 Å². The van der Waals surface area contributed by atoms with Gasteiger partial charge in [0.2, 0.25) is 11.8 Å². The minimum Gasteiger partial charge on any atom is -0.497 e. The van der Waals surface area contributed by atoms with Crippen molar-refractivity contribution in [2.45, 2.75) is 37.8 Å². The summed E-state index contributed by atoms with van der Waals surface area (Å²) in [6.45, 7) is -0.00195. The van der Waals surface area contributed by atoms with Crippen molar-refractivity contribution in [2.24, 2.45) is 22.2 Å². The summed E-state index contributed by atoms with van der Waals surface area (Å²) < 4.78 is 5.22. The Balaban J connectivity index is 1.88. The molecule has 1 aliphatic heterocycles. The highest BCUT2D eigenvalue weighted by Crippen LogP contribution is 2.21. The summed E-state index contributed by atoms with van der Waals surface area (Å²) in [6.07, 6.45) is 1.43. The number of rotatable bonds is 14. The lowest BCUT2D eigenvalue weighted by molar-refractivity contribution is -0.156. The Bertz CT molecular complexity index is 1340. The van der Waals surface area contributed by atoms with E-state index in [0.29, 0.717) is 30.7 Å². The minimum atomic E-state index is -1.15. The van der Waals surface area contributed by atoms with E-state index in [1.54, 1.807) is 24.3 Å². The number of carbonyl (C=O) groups is 4. The molecule has 0 radical (unpaired) electrons. The Kier molecular flexibility index (Phi) is 11.4. The number of nitrogen functional groups attached to an aromatic ring is 1. The number of unbranched alkanes of at least 4 members (excludes halogenated alkanes) is 1. The summed E-state index contributed by atoms with van der Waals surface area (Å²) in [4.78, 5) is 58.7. The number of amidine groups is 1. The van der Waals surface area contributed by atoms with Crippen LogP contribution in [0.4, 0.5) is 0 Å². The van der Waals surface area contributed by atoms with E-state index in [2.05, 4.69) is 10.3 Å². The third-order valence-electron chi connectivity index (χ3n) is 7.03. The standard InChI is InChI=1S/C29H38N8O6/c1-43-21-11-5-18(6-12-21)16-22(35-26(40)20-9-7-19(8-10-20)25(30)31)27(41)37-15-14-36(17-24(38)39)28(42)23(37)4-2-3-13-34-29(32)33/h5-12,22-23H,2-4,13-17H2,1H3,(H3,30,31)(H,35,40)(H,38,39)(H4,32,33,34)/t22?,23-/m0/s1. The predicted molar refractivity (Wildman–Crippen MR) is 160 cm³/mol. The Hall–Kier alpha value is -5.14. The first-order valence-electron chi connectivity index (χ1n) is 13.7. The zero-order valence-electron chi connectivity index (χ0n) is 24.0. The number of nitrogens with zero attached hydrogens (tertiary/aromatic N) is 3. The van der Waals surface area contributed by atoms with E-state index < -0.39 is 42.3 Å². The second kappa shape index (κ2) is 15.2. The molecular formula is C29H38N8O6. The lowest BCUT2D eigenvalue weighted by atomic mass is 9.99. The highest BCUT2D eigenvalue weighted by molar-refractivity contribution is 6.00. The second-order valence-electron chi connectivity index (χ2n) is 10.1. The van der Waals surface area contributed by atoms with Crippen molar-refractivity contribution in [3.05, 3.63) is 65.2 Å². The molecule has 14 heteroatoms. The van der Waals surface area contributed by atoms with Crippen LogP contribution in [0.15, 0.2) is 53.5 Å². The van der Waals surface area contributed by atoms with E-state index >= 15 is 0 Å². The van der Waals surface area contributed by atoms with Gasteiger partial charge in [-0.05, 0) is 49.1 Å². The summed E-state index contributed by atoms with van der Waals surface area (Å²) in [5.41, 5.74) is 17.7. The number of hydrogen-bond donors (Lipinski definition) is 6. The van der Waals surface area contributed by atoms with Crippen LogP contribution < -0.4 is 27.3 Å². The van der Waals surface area contributed by atoms with Crippen LogP contribution in [0.3, 0.4) is 0 Å². The number of methoxy groups -OCH3 is 1. The van der Waals surface area contributed by atoms with Gasteiger partial charge in [-0.15, -0.1) is 0 Å². The van der Waals surface area contributed by atoms with Gasteiger partial charge in [-0.25, -0.2) is 0 Å². The van der Waals surface area contributed by atoms with Gasteiger partial charge in [0.05, 0.1) is 7.11 Å². The van der Waals surface area contributed by atoms with Crippen LogP contribution in [0.2, 0.25) is 0 Å². The van der Waals surface area contributed by atoms with Gasteiger partial charge in [-0.1, -0.05) is 24.3 Å². The van der Waals surface area contributed by atoms with Gasteiger partial charge in [0.25, 0.3) is 5.91 Å². The van der Waals surface area contributed by atoms with E-state index in [1.165, 1.54) is 41.2 Å². The normalized spacial score (nSPS) is 15.4. The van der Waals surface area contributed by atoms with Gasteiger partial charge >= 0.3 is 5.97 Å². The number of aliphatic imine (C=N–C) groups is 1. The molecule has 0 aliphatic carbocycles. The molecule has 0 aromatic heterocycles. The van der Waals surface area contributed by atoms with E-state index in [-0.39, 0.29) is 43.3 Å². The maximum absolute atomic E-state index is 14.1. The van der Waals surface area contributed by atoms with Crippen molar-refractivity contribution in [3.63, 3.8) is 0 Å². The molecule has 230 valence electrons. The van der Waals surface area contributed by atoms with Crippen LogP contribution in [0.25, 0.3) is 0 Å². The van der Waals surface area contributed by atoms with Crippen LogP contribution in [-0.4, -0.2) is 95.8 Å². The van der Waals surface area contributed by atoms with Gasteiger partial charge in [-0.2, -0.15) is 0 Å². The van der Waals surface area contributed by atoms with Crippen molar-refractivity contribution in [2.75, 3.05) is 33.3 Å². The average Bonchev–Trinajstić information content (AvgIpc) is 2.98. The van der Waals surface area contributed by atoms with Gasteiger partial charge in [-0.3, -0.25) is 29.6 Å². The quantitative estimate of drug-likeness (QED) is 0.0971. The molecular weight excluding hydrogens is 556 g/mol. The molecule has 43 heavy (non-hydrogen) atoms. The van der Waals surface area contributed by atoms with Gasteiger partial charge in [0.1, 0.15) is 30.2 Å². The summed E-state index contributed by atoms with van der Waals surface area (Å²) in [5.74, 6) is -2.18. The smallest absolute Gasteiger partial charge is 0.323 e. The number of hydrogen-bond acceptors (Lipinski definition) is 7. The number of nitrogens with two attached hydrogens (primary N) is 3.